The Morgan fingerprint density at radius 3 is 2.28 bits per heavy atom. The Kier molecular flexibility index (Phi) is 6.89. The molecule has 0 aliphatic heterocycles. The van der Waals surface area contributed by atoms with E-state index in [4.69, 9.17) is 16.3 Å². The van der Waals surface area contributed by atoms with Gasteiger partial charge in [0, 0.05) is 5.02 Å². The van der Waals surface area contributed by atoms with Crippen molar-refractivity contribution in [1.82, 2.24) is 5.32 Å². The molecule has 0 heterocycles. The van der Waals surface area contributed by atoms with Gasteiger partial charge in [0.2, 0.25) is 0 Å². The zero-order chi connectivity index (χ0) is 18.4. The van der Waals surface area contributed by atoms with Crippen LogP contribution >= 0.6 is 11.6 Å². The van der Waals surface area contributed by atoms with Crippen molar-refractivity contribution < 1.29 is 9.53 Å². The maximum Gasteiger partial charge on any atom is 0.261 e. The van der Waals surface area contributed by atoms with Crippen molar-refractivity contribution in [2.75, 3.05) is 0 Å². The predicted octanol–water partition coefficient (Wildman–Crippen LogP) is 5.38. The van der Waals surface area contributed by atoms with Gasteiger partial charge in [-0.25, -0.2) is 0 Å². The second-order valence-corrected chi connectivity index (χ2v) is 6.72. The number of hydrogen-bond acceptors (Lipinski definition) is 2. The first-order valence-electron chi connectivity index (χ1n) is 8.74. The number of aryl methyl sites for hydroxylation is 2. The standard InChI is InChI=1S/C21H26ClNO2/c1-5-19(16-8-7-14(3)15(4)13-16)23-21(24)20(6-2)25-18-11-9-17(22)10-12-18/h7-13,19-20H,5-6H2,1-4H3,(H,23,24)/t19-,20+/m0/s1. The molecule has 1 amide bonds. The van der Waals surface area contributed by atoms with Crippen LogP contribution in [-0.4, -0.2) is 12.0 Å². The van der Waals surface area contributed by atoms with Crippen LogP contribution in [0.5, 0.6) is 5.75 Å². The summed E-state index contributed by atoms with van der Waals surface area (Å²) in [5.41, 5.74) is 3.61. The summed E-state index contributed by atoms with van der Waals surface area (Å²) in [4.78, 5) is 12.7. The summed E-state index contributed by atoms with van der Waals surface area (Å²) in [6, 6.07) is 13.4. The topological polar surface area (TPSA) is 38.3 Å². The van der Waals surface area contributed by atoms with E-state index in [1.165, 1.54) is 11.1 Å². The molecule has 2 aromatic rings. The molecule has 0 fully saturated rings. The van der Waals surface area contributed by atoms with E-state index >= 15 is 0 Å². The fourth-order valence-corrected chi connectivity index (χ4v) is 2.79. The highest BCUT2D eigenvalue weighted by atomic mass is 35.5. The minimum atomic E-state index is -0.526. The van der Waals surface area contributed by atoms with Crippen LogP contribution in [0.15, 0.2) is 42.5 Å². The third-order valence-electron chi connectivity index (χ3n) is 4.41. The molecule has 0 unspecified atom stereocenters. The molecule has 25 heavy (non-hydrogen) atoms. The maximum absolute atomic E-state index is 12.7. The van der Waals surface area contributed by atoms with Crippen molar-refractivity contribution in [2.24, 2.45) is 0 Å². The minimum absolute atomic E-state index is 0.0188. The number of rotatable bonds is 7. The second-order valence-electron chi connectivity index (χ2n) is 6.28. The summed E-state index contributed by atoms with van der Waals surface area (Å²) in [7, 11) is 0. The van der Waals surface area contributed by atoms with Crippen LogP contribution in [0.4, 0.5) is 0 Å². The molecule has 0 aromatic heterocycles. The number of carbonyl (C=O) groups is 1. The molecule has 4 heteroatoms. The number of halogens is 1. The lowest BCUT2D eigenvalue weighted by Gasteiger charge is -2.23. The van der Waals surface area contributed by atoms with E-state index in [-0.39, 0.29) is 11.9 Å². The monoisotopic (exact) mass is 359 g/mol. The SMILES string of the molecule is CC[C@H](NC(=O)[C@@H](CC)Oc1ccc(Cl)cc1)c1ccc(C)c(C)c1. The van der Waals surface area contributed by atoms with Crippen LogP contribution in [0.2, 0.25) is 5.02 Å². The van der Waals surface area contributed by atoms with Gasteiger partial charge in [-0.1, -0.05) is 43.6 Å². The summed E-state index contributed by atoms with van der Waals surface area (Å²) in [6.07, 6.45) is 0.894. The van der Waals surface area contributed by atoms with E-state index in [0.717, 1.165) is 12.0 Å². The molecule has 0 aliphatic carbocycles. The fourth-order valence-electron chi connectivity index (χ4n) is 2.67. The van der Waals surface area contributed by atoms with Crippen LogP contribution < -0.4 is 10.1 Å². The number of benzene rings is 2. The molecule has 0 bridgehead atoms. The average Bonchev–Trinajstić information content (AvgIpc) is 2.61. The van der Waals surface area contributed by atoms with Crippen LogP contribution in [0, 0.1) is 13.8 Å². The molecular weight excluding hydrogens is 334 g/mol. The molecule has 0 saturated heterocycles. The molecule has 0 aliphatic rings. The van der Waals surface area contributed by atoms with E-state index in [2.05, 4.69) is 44.3 Å². The summed E-state index contributed by atoms with van der Waals surface area (Å²) in [5.74, 6) is 0.549. The first-order valence-corrected chi connectivity index (χ1v) is 9.12. The average molecular weight is 360 g/mol. The number of amides is 1. The summed E-state index contributed by atoms with van der Waals surface area (Å²) >= 11 is 5.89. The third-order valence-corrected chi connectivity index (χ3v) is 4.67. The van der Waals surface area contributed by atoms with Crippen molar-refractivity contribution in [3.8, 4) is 5.75 Å². The molecule has 2 aromatic carbocycles. The summed E-state index contributed by atoms with van der Waals surface area (Å²) in [5, 5.41) is 3.77. The Balaban J connectivity index is 2.08. The van der Waals surface area contributed by atoms with E-state index in [1.807, 2.05) is 6.92 Å². The lowest BCUT2D eigenvalue weighted by Crippen LogP contribution is -2.40. The van der Waals surface area contributed by atoms with Crippen LogP contribution in [0.3, 0.4) is 0 Å². The Labute approximate surface area is 155 Å². The van der Waals surface area contributed by atoms with Gasteiger partial charge in [0.15, 0.2) is 6.10 Å². The number of ether oxygens (including phenoxy) is 1. The molecule has 0 saturated carbocycles. The molecule has 1 N–H and O–H groups in total. The van der Waals surface area contributed by atoms with Crippen LogP contribution in [-0.2, 0) is 4.79 Å². The number of nitrogens with one attached hydrogen (secondary N) is 1. The Hall–Kier alpha value is -2.00. The van der Waals surface area contributed by atoms with Gasteiger partial charge in [0.25, 0.3) is 5.91 Å². The largest absolute Gasteiger partial charge is 0.481 e. The quantitative estimate of drug-likeness (QED) is 0.720. The first kappa shape index (κ1) is 19.3. The van der Waals surface area contributed by atoms with Crippen molar-refractivity contribution in [1.29, 1.82) is 0 Å². The van der Waals surface area contributed by atoms with Gasteiger partial charge >= 0.3 is 0 Å². The van der Waals surface area contributed by atoms with Crippen molar-refractivity contribution in [2.45, 2.75) is 52.7 Å². The number of carbonyl (C=O) groups excluding carboxylic acids is 1. The molecule has 134 valence electrons. The van der Waals surface area contributed by atoms with E-state index in [0.29, 0.717) is 17.2 Å². The molecule has 2 rings (SSSR count). The molecule has 0 radical (unpaired) electrons. The van der Waals surface area contributed by atoms with Gasteiger partial charge in [0.1, 0.15) is 5.75 Å². The van der Waals surface area contributed by atoms with E-state index < -0.39 is 6.10 Å². The van der Waals surface area contributed by atoms with Crippen molar-refractivity contribution >= 4 is 17.5 Å². The fraction of sp³-hybridized carbons (Fsp3) is 0.381. The van der Waals surface area contributed by atoms with Crippen LogP contribution in [0.1, 0.15) is 49.4 Å². The highest BCUT2D eigenvalue weighted by molar-refractivity contribution is 6.30. The van der Waals surface area contributed by atoms with Gasteiger partial charge in [-0.3, -0.25) is 4.79 Å². The second kappa shape index (κ2) is 8.91. The molecule has 3 nitrogen and oxygen atoms in total. The predicted molar refractivity (Wildman–Crippen MR) is 103 cm³/mol. The van der Waals surface area contributed by atoms with Gasteiger partial charge in [-0.15, -0.1) is 0 Å². The minimum Gasteiger partial charge on any atom is -0.481 e. The zero-order valence-corrected chi connectivity index (χ0v) is 16.1. The van der Waals surface area contributed by atoms with Crippen LogP contribution in [0.25, 0.3) is 0 Å². The summed E-state index contributed by atoms with van der Waals surface area (Å²) in [6.45, 7) is 8.19. The zero-order valence-electron chi connectivity index (χ0n) is 15.3. The van der Waals surface area contributed by atoms with Gasteiger partial charge < -0.3 is 10.1 Å². The van der Waals surface area contributed by atoms with E-state index in [9.17, 15) is 4.79 Å². The van der Waals surface area contributed by atoms with Gasteiger partial charge in [-0.2, -0.15) is 0 Å². The van der Waals surface area contributed by atoms with Crippen molar-refractivity contribution in [3.05, 3.63) is 64.2 Å². The Morgan fingerprint density at radius 2 is 1.72 bits per heavy atom. The molecule has 2 atom stereocenters. The Bertz CT molecular complexity index is 712. The first-order chi connectivity index (χ1) is 11.9. The highest BCUT2D eigenvalue weighted by Gasteiger charge is 2.22. The smallest absolute Gasteiger partial charge is 0.261 e. The summed E-state index contributed by atoms with van der Waals surface area (Å²) < 4.78 is 5.83. The lowest BCUT2D eigenvalue weighted by molar-refractivity contribution is -0.128. The van der Waals surface area contributed by atoms with E-state index in [1.54, 1.807) is 24.3 Å². The maximum atomic E-state index is 12.7. The number of hydrogen-bond donors (Lipinski definition) is 1. The molecular formula is C21H26ClNO2. The highest BCUT2D eigenvalue weighted by Crippen LogP contribution is 2.21. The van der Waals surface area contributed by atoms with Crippen molar-refractivity contribution in [3.63, 3.8) is 0 Å². The molecule has 0 spiro atoms. The van der Waals surface area contributed by atoms with Gasteiger partial charge in [0.05, 0.1) is 6.04 Å². The Morgan fingerprint density at radius 1 is 1.04 bits per heavy atom. The van der Waals surface area contributed by atoms with Gasteiger partial charge in [-0.05, 0) is 67.6 Å². The third kappa shape index (κ3) is 5.23. The normalized spacial score (nSPS) is 13.2. The lowest BCUT2D eigenvalue weighted by atomic mass is 9.99.